The number of nitrogens with one attached hydrogen (secondary N) is 1. The topological polar surface area (TPSA) is 67.2 Å². The van der Waals surface area contributed by atoms with Gasteiger partial charge in [0.05, 0.1) is 10.3 Å². The highest BCUT2D eigenvalue weighted by molar-refractivity contribution is 7.20. The van der Waals surface area contributed by atoms with E-state index in [1.54, 1.807) is 0 Å². The molecule has 6 nitrogen and oxygen atoms in total. The second kappa shape index (κ2) is 6.53. The van der Waals surface area contributed by atoms with E-state index in [0.717, 1.165) is 68.0 Å². The van der Waals surface area contributed by atoms with Crippen LogP contribution in [-0.4, -0.2) is 46.5 Å². The number of aryl methyl sites for hydroxylation is 2. The highest BCUT2D eigenvalue weighted by atomic mass is 32.1. The maximum absolute atomic E-state index is 13.0. The van der Waals surface area contributed by atoms with Gasteiger partial charge in [0.25, 0.3) is 11.5 Å². The van der Waals surface area contributed by atoms with Crippen molar-refractivity contribution in [3.05, 3.63) is 26.6 Å². The van der Waals surface area contributed by atoms with Gasteiger partial charge >= 0.3 is 0 Å². The molecule has 1 atom stereocenters. The van der Waals surface area contributed by atoms with Gasteiger partial charge in [-0.3, -0.25) is 14.2 Å². The first-order chi connectivity index (χ1) is 12.1. The second-order valence-corrected chi connectivity index (χ2v) is 8.09. The number of hydrogen-bond acceptors (Lipinski definition) is 5. The Labute approximate surface area is 150 Å². The molecular weight excluding hydrogens is 336 g/mol. The van der Waals surface area contributed by atoms with E-state index >= 15 is 0 Å². The first kappa shape index (κ1) is 16.7. The number of thiophene rings is 1. The number of aromatic nitrogens is 2. The SMILES string of the molecule is Cc1c(C(=O)N(C)C2CCNC2)sc2nc3n(c(=O)c12)CCCCC3. The number of carbonyl (C=O) groups is 1. The Kier molecular flexibility index (Phi) is 4.37. The van der Waals surface area contributed by atoms with E-state index in [4.69, 9.17) is 4.98 Å². The largest absolute Gasteiger partial charge is 0.337 e. The van der Waals surface area contributed by atoms with Crippen LogP contribution >= 0.6 is 11.3 Å². The molecule has 2 aliphatic rings. The van der Waals surface area contributed by atoms with E-state index < -0.39 is 0 Å². The van der Waals surface area contributed by atoms with E-state index in [0.29, 0.717) is 10.3 Å². The predicted molar refractivity (Wildman–Crippen MR) is 99.5 cm³/mol. The van der Waals surface area contributed by atoms with Crippen LogP contribution in [0.3, 0.4) is 0 Å². The van der Waals surface area contributed by atoms with Gasteiger partial charge in [0, 0.05) is 32.6 Å². The van der Waals surface area contributed by atoms with Crippen molar-refractivity contribution in [3.8, 4) is 0 Å². The lowest BCUT2D eigenvalue weighted by atomic mass is 10.1. The molecule has 0 aromatic carbocycles. The fourth-order valence-electron chi connectivity index (χ4n) is 3.91. The van der Waals surface area contributed by atoms with Gasteiger partial charge in [-0.1, -0.05) is 6.42 Å². The lowest BCUT2D eigenvalue weighted by Crippen LogP contribution is -2.38. The Bertz CT molecular complexity index is 879. The van der Waals surface area contributed by atoms with Crippen molar-refractivity contribution >= 4 is 27.5 Å². The third kappa shape index (κ3) is 2.79. The summed E-state index contributed by atoms with van der Waals surface area (Å²) in [4.78, 5) is 33.9. The van der Waals surface area contributed by atoms with Crippen molar-refractivity contribution in [2.45, 2.75) is 51.6 Å². The predicted octanol–water partition coefficient (Wildman–Crippen LogP) is 1.93. The third-order valence-electron chi connectivity index (χ3n) is 5.51. The van der Waals surface area contributed by atoms with Crippen LogP contribution in [0.25, 0.3) is 10.2 Å². The molecule has 0 radical (unpaired) electrons. The number of fused-ring (bicyclic) bond motifs is 2. The van der Waals surface area contributed by atoms with Gasteiger partial charge in [0.1, 0.15) is 10.7 Å². The summed E-state index contributed by atoms with van der Waals surface area (Å²) in [5.74, 6) is 0.886. The van der Waals surface area contributed by atoms with Gasteiger partial charge in [0.15, 0.2) is 0 Å². The van der Waals surface area contributed by atoms with Crippen molar-refractivity contribution in [1.29, 1.82) is 0 Å². The monoisotopic (exact) mass is 360 g/mol. The zero-order chi connectivity index (χ0) is 17.6. The van der Waals surface area contributed by atoms with Crippen LogP contribution < -0.4 is 10.9 Å². The molecule has 4 rings (SSSR count). The highest BCUT2D eigenvalue weighted by Gasteiger charge is 2.28. The third-order valence-corrected chi connectivity index (χ3v) is 6.68. The van der Waals surface area contributed by atoms with Crippen LogP contribution in [0.1, 0.15) is 46.7 Å². The van der Waals surface area contributed by atoms with E-state index in [-0.39, 0.29) is 17.5 Å². The Hall–Kier alpha value is -1.73. The van der Waals surface area contributed by atoms with Crippen molar-refractivity contribution in [1.82, 2.24) is 19.8 Å². The maximum Gasteiger partial charge on any atom is 0.264 e. The van der Waals surface area contributed by atoms with Crippen LogP contribution in [0.5, 0.6) is 0 Å². The molecule has 0 aliphatic carbocycles. The number of amides is 1. The van der Waals surface area contributed by atoms with Crippen LogP contribution in [-0.2, 0) is 13.0 Å². The van der Waals surface area contributed by atoms with Gasteiger partial charge in [-0.2, -0.15) is 0 Å². The molecule has 7 heteroatoms. The Morgan fingerprint density at radius 3 is 2.96 bits per heavy atom. The van der Waals surface area contributed by atoms with E-state index in [1.807, 2.05) is 23.4 Å². The molecule has 1 N–H and O–H groups in total. The Morgan fingerprint density at radius 2 is 2.20 bits per heavy atom. The molecular formula is C18H24N4O2S. The van der Waals surface area contributed by atoms with E-state index in [2.05, 4.69) is 5.32 Å². The molecule has 2 aliphatic heterocycles. The molecule has 1 saturated heterocycles. The van der Waals surface area contributed by atoms with Crippen LogP contribution in [0.15, 0.2) is 4.79 Å². The molecule has 1 amide bonds. The smallest absolute Gasteiger partial charge is 0.264 e. The van der Waals surface area contributed by atoms with E-state index in [9.17, 15) is 9.59 Å². The summed E-state index contributed by atoms with van der Waals surface area (Å²) in [5.41, 5.74) is 0.819. The first-order valence-electron chi connectivity index (χ1n) is 9.08. The van der Waals surface area contributed by atoms with Gasteiger partial charge in [-0.25, -0.2) is 4.98 Å². The molecule has 25 heavy (non-hydrogen) atoms. The summed E-state index contributed by atoms with van der Waals surface area (Å²) in [5, 5.41) is 3.93. The Balaban J connectivity index is 1.78. The average Bonchev–Trinajstić information content (AvgIpc) is 3.17. The molecule has 2 aromatic heterocycles. The summed E-state index contributed by atoms with van der Waals surface area (Å²) in [6.45, 7) is 4.41. The minimum absolute atomic E-state index is 0.00814. The van der Waals surface area contributed by atoms with Gasteiger partial charge in [-0.05, 0) is 38.3 Å². The molecule has 134 valence electrons. The molecule has 0 saturated carbocycles. The van der Waals surface area contributed by atoms with Gasteiger partial charge in [-0.15, -0.1) is 11.3 Å². The van der Waals surface area contributed by atoms with Gasteiger partial charge < -0.3 is 10.2 Å². The normalized spacial score (nSPS) is 20.5. The van der Waals surface area contributed by atoms with Crippen LogP contribution in [0.4, 0.5) is 0 Å². The summed E-state index contributed by atoms with van der Waals surface area (Å²) < 4.78 is 1.83. The van der Waals surface area contributed by atoms with E-state index in [1.165, 1.54) is 11.3 Å². The first-order valence-corrected chi connectivity index (χ1v) is 9.90. The minimum Gasteiger partial charge on any atom is -0.337 e. The van der Waals surface area contributed by atoms with Crippen molar-refractivity contribution in [3.63, 3.8) is 0 Å². The summed E-state index contributed by atoms with van der Waals surface area (Å²) >= 11 is 1.38. The lowest BCUT2D eigenvalue weighted by Gasteiger charge is -2.23. The Morgan fingerprint density at radius 1 is 1.36 bits per heavy atom. The molecule has 0 bridgehead atoms. The summed E-state index contributed by atoms with van der Waals surface area (Å²) in [7, 11) is 1.86. The number of nitrogens with zero attached hydrogens (tertiary/aromatic N) is 3. The zero-order valence-electron chi connectivity index (χ0n) is 14.8. The standard InChI is InChI=1S/C18H24N4O2S/c1-11-14-16(20-13-6-4-3-5-9-22(13)17(14)23)25-15(11)18(24)21(2)12-7-8-19-10-12/h12,19H,3-10H2,1-2H3. The average molecular weight is 360 g/mol. The summed E-state index contributed by atoms with van der Waals surface area (Å²) in [6.07, 6.45) is 5.05. The number of carbonyl (C=O) groups excluding carboxylic acids is 1. The number of rotatable bonds is 2. The minimum atomic E-state index is 0.00814. The lowest BCUT2D eigenvalue weighted by molar-refractivity contribution is 0.0748. The van der Waals surface area contributed by atoms with Crippen molar-refractivity contribution in [2.24, 2.45) is 0 Å². The van der Waals surface area contributed by atoms with Crippen LogP contribution in [0.2, 0.25) is 0 Å². The molecule has 2 aromatic rings. The molecule has 1 unspecified atom stereocenters. The van der Waals surface area contributed by atoms with Gasteiger partial charge in [0.2, 0.25) is 0 Å². The molecule has 4 heterocycles. The molecule has 1 fully saturated rings. The number of likely N-dealkylation sites (N-methyl/N-ethyl adjacent to an activating group) is 1. The molecule has 0 spiro atoms. The second-order valence-electron chi connectivity index (χ2n) is 7.09. The number of hydrogen-bond donors (Lipinski definition) is 1. The van der Waals surface area contributed by atoms with Crippen molar-refractivity contribution < 1.29 is 4.79 Å². The fraction of sp³-hybridized carbons (Fsp3) is 0.611. The fourth-order valence-corrected chi connectivity index (χ4v) is 5.08. The summed E-state index contributed by atoms with van der Waals surface area (Å²) in [6, 6.07) is 0.225. The van der Waals surface area contributed by atoms with Crippen LogP contribution in [0, 0.1) is 6.92 Å². The highest BCUT2D eigenvalue weighted by Crippen LogP contribution is 2.30. The maximum atomic E-state index is 13.0. The van der Waals surface area contributed by atoms with Crippen molar-refractivity contribution in [2.75, 3.05) is 20.1 Å². The quantitative estimate of drug-likeness (QED) is 0.889. The zero-order valence-corrected chi connectivity index (χ0v) is 15.6.